The van der Waals surface area contributed by atoms with Crippen molar-refractivity contribution >= 4 is 34.0 Å². The van der Waals surface area contributed by atoms with Crippen LogP contribution in [0.1, 0.15) is 11.6 Å². The molecule has 0 aromatic heterocycles. The van der Waals surface area contributed by atoms with Gasteiger partial charge in [0.05, 0.1) is 20.3 Å². The van der Waals surface area contributed by atoms with E-state index in [1.54, 1.807) is 30.3 Å². The van der Waals surface area contributed by atoms with Gasteiger partial charge in [-0.1, -0.05) is 29.8 Å². The van der Waals surface area contributed by atoms with Crippen molar-refractivity contribution in [3.63, 3.8) is 0 Å². The van der Waals surface area contributed by atoms with Crippen molar-refractivity contribution < 1.29 is 17.9 Å². The molecule has 9 heteroatoms. The number of sulfonamides is 1. The average Bonchev–Trinajstić information content (AvgIpc) is 2.67. The molecule has 0 aliphatic carbocycles. The van der Waals surface area contributed by atoms with Gasteiger partial charge in [0, 0.05) is 24.7 Å². The zero-order valence-corrected chi connectivity index (χ0v) is 17.4. The summed E-state index contributed by atoms with van der Waals surface area (Å²) in [6, 6.07) is 11.8. The molecule has 148 valence electrons. The highest BCUT2D eigenvalue weighted by Gasteiger charge is 2.38. The lowest BCUT2D eigenvalue weighted by molar-refractivity contribution is 0.268. The van der Waals surface area contributed by atoms with Gasteiger partial charge >= 0.3 is 0 Å². The molecular weight excluding hydrogens is 411 g/mol. The molecule has 3 rings (SSSR count). The van der Waals surface area contributed by atoms with Crippen LogP contribution in [-0.2, 0) is 10.0 Å². The van der Waals surface area contributed by atoms with Crippen LogP contribution in [0.15, 0.2) is 47.4 Å². The second-order valence-electron chi connectivity index (χ2n) is 5.88. The zero-order valence-electron chi connectivity index (χ0n) is 15.0. The molecule has 0 spiro atoms. The van der Waals surface area contributed by atoms with Gasteiger partial charge in [-0.2, -0.15) is 4.31 Å². The van der Waals surface area contributed by atoms with E-state index in [-0.39, 0.29) is 34.8 Å². The van der Waals surface area contributed by atoms with Crippen molar-refractivity contribution in [2.24, 2.45) is 0 Å². The molecule has 1 fully saturated rings. The molecule has 27 heavy (non-hydrogen) atoms. The second-order valence-corrected chi connectivity index (χ2v) is 8.15. The van der Waals surface area contributed by atoms with E-state index in [1.807, 2.05) is 12.1 Å². The molecule has 1 N–H and O–H groups in total. The maximum absolute atomic E-state index is 13.5. The quantitative estimate of drug-likeness (QED) is 0.785. The molecule has 0 bridgehead atoms. The van der Waals surface area contributed by atoms with Gasteiger partial charge in [-0.25, -0.2) is 8.42 Å². The van der Waals surface area contributed by atoms with Crippen LogP contribution >= 0.6 is 24.0 Å². The highest BCUT2D eigenvalue weighted by molar-refractivity contribution is 7.89. The first-order valence-corrected chi connectivity index (χ1v) is 10.00. The lowest BCUT2D eigenvalue weighted by Gasteiger charge is -2.36. The minimum atomic E-state index is -3.86. The van der Waals surface area contributed by atoms with Crippen LogP contribution in [-0.4, -0.2) is 46.6 Å². The average molecular weight is 433 g/mol. The van der Waals surface area contributed by atoms with Gasteiger partial charge in [-0.3, -0.25) is 0 Å². The molecule has 1 saturated heterocycles. The second kappa shape index (κ2) is 9.12. The molecule has 6 nitrogen and oxygen atoms in total. The Kier molecular flexibility index (Phi) is 7.36. The number of piperazine rings is 1. The van der Waals surface area contributed by atoms with E-state index < -0.39 is 10.0 Å². The zero-order chi connectivity index (χ0) is 18.7. The number of benzene rings is 2. The number of hydrogen-bond acceptors (Lipinski definition) is 5. The van der Waals surface area contributed by atoms with Gasteiger partial charge in [-0.15, -0.1) is 12.4 Å². The molecule has 1 aliphatic heterocycles. The molecule has 2 aromatic rings. The Hall–Kier alpha value is -1.51. The van der Waals surface area contributed by atoms with Gasteiger partial charge in [0.15, 0.2) is 4.90 Å². The first-order valence-electron chi connectivity index (χ1n) is 8.18. The van der Waals surface area contributed by atoms with E-state index in [0.29, 0.717) is 24.7 Å². The van der Waals surface area contributed by atoms with Crippen molar-refractivity contribution in [1.82, 2.24) is 9.62 Å². The highest BCUT2D eigenvalue weighted by Crippen LogP contribution is 2.38. The summed E-state index contributed by atoms with van der Waals surface area (Å²) in [5.41, 5.74) is 0.835. The van der Waals surface area contributed by atoms with Crippen molar-refractivity contribution in [2.45, 2.75) is 10.9 Å². The van der Waals surface area contributed by atoms with Gasteiger partial charge in [0.1, 0.15) is 11.5 Å². The summed E-state index contributed by atoms with van der Waals surface area (Å²) >= 11 is 6.11. The van der Waals surface area contributed by atoms with E-state index in [1.165, 1.54) is 18.5 Å². The Morgan fingerprint density at radius 2 is 1.74 bits per heavy atom. The summed E-state index contributed by atoms with van der Waals surface area (Å²) in [6.45, 7) is 1.39. The van der Waals surface area contributed by atoms with Crippen molar-refractivity contribution in [3.8, 4) is 11.5 Å². The third-order valence-electron chi connectivity index (χ3n) is 4.38. The van der Waals surface area contributed by atoms with Gasteiger partial charge in [0.2, 0.25) is 0 Å². The predicted octanol–water partition coefficient (Wildman–Crippen LogP) is 3.11. The molecule has 1 unspecified atom stereocenters. The summed E-state index contributed by atoms with van der Waals surface area (Å²) < 4.78 is 39.1. The molecule has 1 heterocycles. The number of hydrogen-bond donors (Lipinski definition) is 1. The molecule has 1 atom stereocenters. The molecule has 0 saturated carbocycles. The third-order valence-corrected chi connectivity index (χ3v) is 6.58. The van der Waals surface area contributed by atoms with E-state index >= 15 is 0 Å². The minimum Gasteiger partial charge on any atom is -0.495 e. The van der Waals surface area contributed by atoms with Gasteiger partial charge in [-0.05, 0) is 29.8 Å². The Bertz CT molecular complexity index is 870. The predicted molar refractivity (Wildman–Crippen MR) is 108 cm³/mol. The van der Waals surface area contributed by atoms with Crippen LogP contribution in [0, 0.1) is 0 Å². The lowest BCUT2D eigenvalue weighted by Crippen LogP contribution is -2.48. The van der Waals surface area contributed by atoms with E-state index in [2.05, 4.69) is 5.32 Å². The van der Waals surface area contributed by atoms with Crippen molar-refractivity contribution in [1.29, 1.82) is 0 Å². The smallest absolute Gasteiger partial charge is 0.251 e. The Labute approximate surface area is 170 Å². The highest BCUT2D eigenvalue weighted by atomic mass is 35.5. The number of halogens is 2. The number of methoxy groups -OCH3 is 2. The number of ether oxygens (including phenoxy) is 2. The van der Waals surface area contributed by atoms with Crippen LogP contribution in [0.5, 0.6) is 11.5 Å². The first-order chi connectivity index (χ1) is 12.5. The van der Waals surface area contributed by atoms with Crippen LogP contribution < -0.4 is 14.8 Å². The van der Waals surface area contributed by atoms with Crippen molar-refractivity contribution in [2.75, 3.05) is 33.9 Å². The summed E-state index contributed by atoms with van der Waals surface area (Å²) in [5.74, 6) is 0.514. The fourth-order valence-electron chi connectivity index (χ4n) is 3.16. The van der Waals surface area contributed by atoms with Crippen LogP contribution in [0.3, 0.4) is 0 Å². The molecular formula is C18H22Cl2N2O4S. The Balaban J connectivity index is 0.00000261. The van der Waals surface area contributed by atoms with Crippen LogP contribution in [0.4, 0.5) is 0 Å². The normalized spacial score (nSPS) is 17.8. The Morgan fingerprint density at radius 1 is 1.11 bits per heavy atom. The summed E-state index contributed by atoms with van der Waals surface area (Å²) in [5, 5.41) is 3.82. The first kappa shape index (κ1) is 21.8. The molecule has 0 amide bonds. The topological polar surface area (TPSA) is 67.9 Å². The molecule has 0 radical (unpaired) electrons. The number of nitrogens with one attached hydrogen (secondary N) is 1. The van der Waals surface area contributed by atoms with Crippen LogP contribution in [0.25, 0.3) is 0 Å². The summed E-state index contributed by atoms with van der Waals surface area (Å²) in [4.78, 5) is 0.0407. The van der Waals surface area contributed by atoms with E-state index in [0.717, 1.165) is 5.56 Å². The maximum atomic E-state index is 13.5. The third kappa shape index (κ3) is 4.33. The van der Waals surface area contributed by atoms with Crippen molar-refractivity contribution in [3.05, 3.63) is 53.1 Å². The van der Waals surface area contributed by atoms with Gasteiger partial charge in [0.25, 0.3) is 10.0 Å². The summed E-state index contributed by atoms with van der Waals surface area (Å²) in [7, 11) is -0.969. The lowest BCUT2D eigenvalue weighted by atomic mass is 10.1. The number of nitrogens with zero attached hydrogens (tertiary/aromatic N) is 1. The van der Waals surface area contributed by atoms with Crippen LogP contribution in [0.2, 0.25) is 5.02 Å². The van der Waals surface area contributed by atoms with E-state index in [9.17, 15) is 8.42 Å². The molecule has 1 aliphatic rings. The largest absolute Gasteiger partial charge is 0.495 e. The Morgan fingerprint density at radius 3 is 2.33 bits per heavy atom. The fraction of sp³-hybridized carbons (Fsp3) is 0.333. The fourth-order valence-corrected chi connectivity index (χ4v) is 5.27. The molecule has 2 aromatic carbocycles. The maximum Gasteiger partial charge on any atom is 0.251 e. The minimum absolute atomic E-state index is 0. The van der Waals surface area contributed by atoms with Gasteiger partial charge < -0.3 is 14.8 Å². The number of rotatable bonds is 5. The SMILES string of the molecule is COc1cccc(OC)c1S(=O)(=O)N1CCNCC1c1cccc(Cl)c1.Cl. The van der Waals surface area contributed by atoms with E-state index in [4.69, 9.17) is 21.1 Å². The standard InChI is InChI=1S/C18H21ClN2O4S.ClH/c1-24-16-7-4-8-17(25-2)18(16)26(22,23)21-10-9-20-12-15(21)13-5-3-6-14(19)11-13;/h3-8,11,15,20H,9-10,12H2,1-2H3;1H. The summed E-state index contributed by atoms with van der Waals surface area (Å²) in [6.07, 6.45) is 0. The monoisotopic (exact) mass is 432 g/mol.